The van der Waals surface area contributed by atoms with Gasteiger partial charge < -0.3 is 9.84 Å². The Kier molecular flexibility index (Phi) is 5.14. The lowest BCUT2D eigenvalue weighted by molar-refractivity contribution is -0.144. The van der Waals surface area contributed by atoms with E-state index in [1.807, 2.05) is 0 Å². The monoisotopic (exact) mass is 386 g/mol. The number of halogens is 1. The molecule has 1 aliphatic rings. The molecule has 1 atom stereocenters. The van der Waals surface area contributed by atoms with Crippen molar-refractivity contribution in [2.45, 2.75) is 13.0 Å². The van der Waals surface area contributed by atoms with E-state index in [4.69, 9.17) is 21.4 Å². The zero-order valence-corrected chi connectivity index (χ0v) is 14.9. The molecule has 0 aromatic heterocycles. The Balaban J connectivity index is 1.96. The van der Waals surface area contributed by atoms with Gasteiger partial charge in [-0.25, -0.2) is 9.80 Å². The number of para-hydroxylation sites is 1. The second-order valence-corrected chi connectivity index (χ2v) is 6.19. The number of amides is 2. The molecule has 0 aliphatic carbocycles. The molecule has 1 saturated heterocycles. The lowest BCUT2D eigenvalue weighted by atomic mass is 10.1. The van der Waals surface area contributed by atoms with Crippen LogP contribution in [-0.2, 0) is 14.4 Å². The maximum absolute atomic E-state index is 12.7. The zero-order chi connectivity index (χ0) is 19.6. The molecule has 1 aliphatic heterocycles. The van der Waals surface area contributed by atoms with Crippen molar-refractivity contribution in [2.75, 3.05) is 5.01 Å². The van der Waals surface area contributed by atoms with E-state index in [-0.39, 0.29) is 11.3 Å². The molecule has 7 nitrogen and oxygen atoms in total. The molecule has 2 aromatic carbocycles. The number of hydrogen-bond donors (Lipinski definition) is 2. The van der Waals surface area contributed by atoms with Crippen molar-refractivity contribution in [1.82, 2.24) is 5.43 Å². The molecule has 8 heteroatoms. The second kappa shape index (κ2) is 7.51. The normalized spacial score (nSPS) is 16.4. The standard InChI is InChI=1S/C19H15ClN2O5/c1-11(19(25)26)27-16-8-7-13(20)9-12(16)10-15-17(23)21-22(18(15)24)14-5-3-2-4-6-14/h2-11H,1H3,(H,21,23)(H,25,26). The highest BCUT2D eigenvalue weighted by atomic mass is 35.5. The van der Waals surface area contributed by atoms with E-state index < -0.39 is 23.9 Å². The number of aliphatic carboxylic acids is 1. The number of hydrogen-bond acceptors (Lipinski definition) is 4. The Hall–Kier alpha value is -3.32. The quantitative estimate of drug-likeness (QED) is 0.608. The van der Waals surface area contributed by atoms with Crippen LogP contribution in [0.25, 0.3) is 6.08 Å². The molecule has 0 bridgehead atoms. The largest absolute Gasteiger partial charge is 0.479 e. The molecule has 2 amide bonds. The van der Waals surface area contributed by atoms with Crippen LogP contribution in [-0.4, -0.2) is 29.0 Å². The first-order valence-electron chi connectivity index (χ1n) is 7.98. The third-order valence-electron chi connectivity index (χ3n) is 3.83. The first-order chi connectivity index (χ1) is 12.9. The average molecular weight is 387 g/mol. The van der Waals surface area contributed by atoms with Crippen molar-refractivity contribution in [3.8, 4) is 5.75 Å². The summed E-state index contributed by atoms with van der Waals surface area (Å²) in [6.07, 6.45) is 0.216. The molecule has 2 aromatic rings. The van der Waals surface area contributed by atoms with Gasteiger partial charge >= 0.3 is 5.97 Å². The van der Waals surface area contributed by atoms with Crippen molar-refractivity contribution in [3.63, 3.8) is 0 Å². The molecular formula is C19H15ClN2O5. The van der Waals surface area contributed by atoms with Crippen molar-refractivity contribution < 1.29 is 24.2 Å². The summed E-state index contributed by atoms with van der Waals surface area (Å²) >= 11 is 6.00. The van der Waals surface area contributed by atoms with E-state index in [1.165, 1.54) is 31.2 Å². The van der Waals surface area contributed by atoms with Gasteiger partial charge in [-0.3, -0.25) is 15.0 Å². The van der Waals surface area contributed by atoms with Crippen molar-refractivity contribution in [2.24, 2.45) is 0 Å². The van der Waals surface area contributed by atoms with E-state index in [9.17, 15) is 14.4 Å². The maximum atomic E-state index is 12.7. The Morgan fingerprint density at radius 3 is 2.59 bits per heavy atom. The fourth-order valence-electron chi connectivity index (χ4n) is 2.45. The van der Waals surface area contributed by atoms with Crippen LogP contribution in [0.4, 0.5) is 5.69 Å². The van der Waals surface area contributed by atoms with E-state index >= 15 is 0 Å². The zero-order valence-electron chi connectivity index (χ0n) is 14.2. The molecule has 1 unspecified atom stereocenters. The van der Waals surface area contributed by atoms with Crippen LogP contribution >= 0.6 is 11.6 Å². The molecule has 0 spiro atoms. The van der Waals surface area contributed by atoms with E-state index in [1.54, 1.807) is 30.3 Å². The van der Waals surface area contributed by atoms with Crippen LogP contribution < -0.4 is 15.2 Å². The lowest BCUT2D eigenvalue weighted by Crippen LogP contribution is -2.35. The Bertz CT molecular complexity index is 942. The molecule has 1 heterocycles. The smallest absolute Gasteiger partial charge is 0.344 e. The van der Waals surface area contributed by atoms with Crippen LogP contribution in [0.1, 0.15) is 12.5 Å². The van der Waals surface area contributed by atoms with Crippen LogP contribution in [0.5, 0.6) is 5.75 Å². The van der Waals surface area contributed by atoms with Crippen molar-refractivity contribution in [1.29, 1.82) is 0 Å². The third kappa shape index (κ3) is 3.93. The topological polar surface area (TPSA) is 95.9 Å². The number of carbonyl (C=O) groups is 3. The first kappa shape index (κ1) is 18.5. The SMILES string of the molecule is CC(Oc1ccc(Cl)cc1C=C1C(=O)NN(c2ccccc2)C1=O)C(=O)O. The third-order valence-corrected chi connectivity index (χ3v) is 4.06. The van der Waals surface area contributed by atoms with E-state index in [0.29, 0.717) is 16.3 Å². The molecular weight excluding hydrogens is 372 g/mol. The molecule has 1 fully saturated rings. The van der Waals surface area contributed by atoms with Crippen molar-refractivity contribution in [3.05, 3.63) is 64.7 Å². The van der Waals surface area contributed by atoms with Gasteiger partial charge in [-0.1, -0.05) is 29.8 Å². The molecule has 0 saturated carbocycles. The van der Waals surface area contributed by atoms with Gasteiger partial charge in [0.15, 0.2) is 6.10 Å². The highest BCUT2D eigenvalue weighted by Crippen LogP contribution is 2.28. The number of nitrogens with zero attached hydrogens (tertiary/aromatic N) is 1. The number of carboxylic acids is 1. The van der Waals surface area contributed by atoms with Crippen LogP contribution in [0, 0.1) is 0 Å². The van der Waals surface area contributed by atoms with E-state index in [2.05, 4.69) is 5.43 Å². The minimum Gasteiger partial charge on any atom is -0.479 e. The summed E-state index contributed by atoms with van der Waals surface area (Å²) < 4.78 is 5.39. The second-order valence-electron chi connectivity index (χ2n) is 5.76. The van der Waals surface area contributed by atoms with E-state index in [0.717, 1.165) is 5.01 Å². The van der Waals surface area contributed by atoms with Gasteiger partial charge in [0.2, 0.25) is 0 Å². The molecule has 3 rings (SSSR count). The summed E-state index contributed by atoms with van der Waals surface area (Å²) in [6.45, 7) is 1.37. The van der Waals surface area contributed by atoms with Gasteiger partial charge in [0, 0.05) is 10.6 Å². The van der Waals surface area contributed by atoms with Crippen LogP contribution in [0.3, 0.4) is 0 Å². The minimum atomic E-state index is -1.14. The summed E-state index contributed by atoms with van der Waals surface area (Å²) in [5.41, 5.74) is 3.21. The highest BCUT2D eigenvalue weighted by molar-refractivity contribution is 6.32. The van der Waals surface area contributed by atoms with Gasteiger partial charge in [-0.15, -0.1) is 0 Å². The molecule has 2 N–H and O–H groups in total. The fourth-order valence-corrected chi connectivity index (χ4v) is 2.63. The number of carboxylic acid groups (broad SMARTS) is 1. The minimum absolute atomic E-state index is 0.117. The van der Waals surface area contributed by atoms with Crippen molar-refractivity contribution >= 4 is 41.1 Å². The Morgan fingerprint density at radius 1 is 1.22 bits per heavy atom. The summed E-state index contributed by atoms with van der Waals surface area (Å²) in [6, 6.07) is 13.2. The van der Waals surface area contributed by atoms with Gasteiger partial charge in [-0.2, -0.15) is 0 Å². The number of hydrazine groups is 1. The summed E-state index contributed by atoms with van der Waals surface area (Å²) in [5.74, 6) is -2.07. The van der Waals surface area contributed by atoms with Gasteiger partial charge in [0.25, 0.3) is 11.8 Å². The van der Waals surface area contributed by atoms with Crippen LogP contribution in [0.15, 0.2) is 54.1 Å². The number of benzene rings is 2. The predicted octanol–water partition coefficient (Wildman–Crippen LogP) is 2.65. The first-order valence-corrected chi connectivity index (χ1v) is 8.36. The maximum Gasteiger partial charge on any atom is 0.344 e. The fraction of sp³-hybridized carbons (Fsp3) is 0.105. The summed E-state index contributed by atoms with van der Waals surface area (Å²) in [7, 11) is 0. The number of ether oxygens (including phenoxy) is 1. The molecule has 27 heavy (non-hydrogen) atoms. The van der Waals surface area contributed by atoms with Gasteiger partial charge in [0.1, 0.15) is 11.3 Å². The highest BCUT2D eigenvalue weighted by Gasteiger charge is 2.34. The number of anilines is 1. The Labute approximate surface area is 159 Å². The Morgan fingerprint density at radius 2 is 1.93 bits per heavy atom. The number of carbonyl (C=O) groups excluding carboxylic acids is 2. The predicted molar refractivity (Wildman–Crippen MR) is 99.2 cm³/mol. The number of nitrogens with one attached hydrogen (secondary N) is 1. The summed E-state index contributed by atoms with van der Waals surface area (Å²) in [4.78, 5) is 36.0. The lowest BCUT2D eigenvalue weighted by Gasteiger charge is -2.14. The van der Waals surface area contributed by atoms with Gasteiger partial charge in [0.05, 0.1) is 5.69 Å². The van der Waals surface area contributed by atoms with Gasteiger partial charge in [-0.05, 0) is 43.3 Å². The number of rotatable bonds is 5. The molecule has 138 valence electrons. The van der Waals surface area contributed by atoms with Crippen LogP contribution in [0.2, 0.25) is 5.02 Å². The summed E-state index contributed by atoms with van der Waals surface area (Å²) in [5, 5.41) is 10.5. The molecule has 0 radical (unpaired) electrons. The average Bonchev–Trinajstić information content (AvgIpc) is 2.92.